The van der Waals surface area contributed by atoms with Gasteiger partial charge >= 0.3 is 6.18 Å². The molecule has 36 heavy (non-hydrogen) atoms. The van der Waals surface area contributed by atoms with Gasteiger partial charge in [0.2, 0.25) is 0 Å². The van der Waals surface area contributed by atoms with Crippen molar-refractivity contribution in [3.05, 3.63) is 87.7 Å². The van der Waals surface area contributed by atoms with Crippen LogP contribution in [0.3, 0.4) is 0 Å². The van der Waals surface area contributed by atoms with Gasteiger partial charge in [0.05, 0.1) is 36.9 Å². The molecule has 188 valence electrons. The predicted octanol–water partition coefficient (Wildman–Crippen LogP) is 6.19. The van der Waals surface area contributed by atoms with Crippen LogP contribution < -0.4 is 20.8 Å². The molecule has 0 atom stereocenters. The van der Waals surface area contributed by atoms with Gasteiger partial charge in [0.1, 0.15) is 17.3 Å². The number of thiophene rings is 1. The van der Waals surface area contributed by atoms with Gasteiger partial charge in [-0.2, -0.15) is 13.2 Å². The zero-order chi connectivity index (χ0) is 26.2. The summed E-state index contributed by atoms with van der Waals surface area (Å²) >= 11 is 1.12. The highest BCUT2D eigenvalue weighted by Crippen LogP contribution is 2.40. The van der Waals surface area contributed by atoms with Crippen LogP contribution in [0, 0.1) is 11.6 Å². The molecule has 4 aromatic rings. The van der Waals surface area contributed by atoms with Crippen molar-refractivity contribution in [2.24, 2.45) is 0 Å². The Bertz CT molecular complexity index is 1490. The second-order valence-electron chi connectivity index (χ2n) is 7.72. The summed E-state index contributed by atoms with van der Waals surface area (Å²) in [6, 6.07) is 11.9. The monoisotopic (exact) mass is 522 g/mol. The second-order valence-corrected chi connectivity index (χ2v) is 8.80. The lowest BCUT2D eigenvalue weighted by atomic mass is 10.1. The van der Waals surface area contributed by atoms with Crippen molar-refractivity contribution in [2.45, 2.75) is 12.7 Å². The molecule has 2 heterocycles. The normalized spacial score (nSPS) is 11.5. The standard InChI is InChI=1S/C25H19F5N2O3S/c1-34-19-6-4-13(9-20(19)35-2)21-7-8-22(36-21)18-11-16(25(28,29)30)23(31)24(33)32(18)12-14-3-5-15(26)10-17(14)27/h3-11H,12,31H2,1-2H3. The third-order valence-corrected chi connectivity index (χ3v) is 6.67. The van der Waals surface area contributed by atoms with E-state index < -0.39 is 41.2 Å². The van der Waals surface area contributed by atoms with Crippen molar-refractivity contribution in [1.29, 1.82) is 0 Å². The summed E-state index contributed by atoms with van der Waals surface area (Å²) in [5, 5.41) is 0. The molecule has 4 rings (SSSR count). The fourth-order valence-corrected chi connectivity index (χ4v) is 4.73. The first kappa shape index (κ1) is 25.2. The maximum Gasteiger partial charge on any atom is 0.418 e. The van der Waals surface area contributed by atoms with E-state index in [1.54, 1.807) is 30.3 Å². The van der Waals surface area contributed by atoms with Crippen molar-refractivity contribution < 1.29 is 31.4 Å². The molecule has 0 bridgehead atoms. The Morgan fingerprint density at radius 3 is 2.25 bits per heavy atom. The van der Waals surface area contributed by atoms with E-state index in [1.807, 2.05) is 0 Å². The summed E-state index contributed by atoms with van der Waals surface area (Å²) in [7, 11) is 2.96. The van der Waals surface area contributed by atoms with Crippen molar-refractivity contribution >= 4 is 17.0 Å². The molecule has 0 aliphatic heterocycles. The van der Waals surface area contributed by atoms with E-state index in [2.05, 4.69) is 0 Å². The molecule has 2 aromatic heterocycles. The number of nitrogen functional groups attached to an aromatic ring is 1. The van der Waals surface area contributed by atoms with E-state index in [0.29, 0.717) is 32.9 Å². The lowest BCUT2D eigenvalue weighted by Gasteiger charge is -2.17. The minimum atomic E-state index is -4.89. The summed E-state index contributed by atoms with van der Waals surface area (Å²) < 4.78 is 80.2. The highest BCUT2D eigenvalue weighted by molar-refractivity contribution is 7.18. The number of methoxy groups -OCH3 is 2. The van der Waals surface area contributed by atoms with E-state index >= 15 is 0 Å². The molecule has 2 aromatic carbocycles. The van der Waals surface area contributed by atoms with Gasteiger partial charge in [-0.15, -0.1) is 11.3 Å². The van der Waals surface area contributed by atoms with Crippen LogP contribution in [0.15, 0.2) is 59.4 Å². The van der Waals surface area contributed by atoms with Gasteiger partial charge in [-0.25, -0.2) is 8.78 Å². The number of benzene rings is 2. The first-order valence-corrected chi connectivity index (χ1v) is 11.2. The SMILES string of the molecule is COc1ccc(-c2ccc(-c3cc(C(F)(F)F)c(N)c(=O)n3Cc3ccc(F)cc3F)s2)cc1OC. The van der Waals surface area contributed by atoms with Crippen LogP contribution in [0.5, 0.6) is 11.5 Å². The Hall–Kier alpha value is -3.86. The molecule has 0 unspecified atom stereocenters. The van der Waals surface area contributed by atoms with Crippen LogP contribution in [-0.2, 0) is 12.7 Å². The number of anilines is 1. The van der Waals surface area contributed by atoms with Crippen LogP contribution in [-0.4, -0.2) is 18.8 Å². The van der Waals surface area contributed by atoms with Gasteiger partial charge in [-0.05, 0) is 48.0 Å². The molecule has 0 saturated heterocycles. The molecule has 0 radical (unpaired) electrons. The van der Waals surface area contributed by atoms with Gasteiger partial charge in [0.25, 0.3) is 5.56 Å². The molecule has 5 nitrogen and oxygen atoms in total. The maximum absolute atomic E-state index is 14.3. The molecule has 0 aliphatic rings. The van der Waals surface area contributed by atoms with E-state index in [-0.39, 0.29) is 11.3 Å². The fourth-order valence-electron chi connectivity index (χ4n) is 3.70. The molecular weight excluding hydrogens is 503 g/mol. The molecule has 0 saturated carbocycles. The Labute approximate surface area is 206 Å². The van der Waals surface area contributed by atoms with Crippen molar-refractivity contribution in [2.75, 3.05) is 20.0 Å². The number of nitrogens with two attached hydrogens (primary N) is 1. The first-order chi connectivity index (χ1) is 17.0. The number of ether oxygens (including phenoxy) is 2. The Morgan fingerprint density at radius 1 is 0.917 bits per heavy atom. The van der Waals surface area contributed by atoms with Gasteiger partial charge in [-0.1, -0.05) is 6.07 Å². The summed E-state index contributed by atoms with van der Waals surface area (Å²) in [4.78, 5) is 13.9. The smallest absolute Gasteiger partial charge is 0.418 e. The zero-order valence-corrected chi connectivity index (χ0v) is 19.8. The van der Waals surface area contributed by atoms with Crippen LogP contribution in [0.4, 0.5) is 27.6 Å². The van der Waals surface area contributed by atoms with Gasteiger partial charge in [-0.3, -0.25) is 4.79 Å². The Kier molecular flexibility index (Phi) is 6.77. The van der Waals surface area contributed by atoms with E-state index in [4.69, 9.17) is 15.2 Å². The first-order valence-electron chi connectivity index (χ1n) is 10.4. The van der Waals surface area contributed by atoms with E-state index in [9.17, 15) is 26.7 Å². The predicted molar refractivity (Wildman–Crippen MR) is 127 cm³/mol. The third kappa shape index (κ3) is 4.78. The molecule has 11 heteroatoms. The van der Waals surface area contributed by atoms with E-state index in [1.165, 1.54) is 14.2 Å². The largest absolute Gasteiger partial charge is 0.493 e. The van der Waals surface area contributed by atoms with Gasteiger partial charge in [0, 0.05) is 16.5 Å². The number of rotatable bonds is 6. The topological polar surface area (TPSA) is 66.5 Å². The minimum Gasteiger partial charge on any atom is -0.493 e. The number of alkyl halides is 3. The van der Waals surface area contributed by atoms with Gasteiger partial charge in [0.15, 0.2) is 11.5 Å². The average molecular weight is 522 g/mol. The quantitative estimate of drug-likeness (QED) is 0.307. The number of nitrogens with zero attached hydrogens (tertiary/aromatic N) is 1. The van der Waals surface area contributed by atoms with Crippen LogP contribution in [0.1, 0.15) is 11.1 Å². The summed E-state index contributed by atoms with van der Waals surface area (Å²) in [5.41, 5.74) is 2.63. The lowest BCUT2D eigenvalue weighted by Crippen LogP contribution is -2.28. The third-order valence-electron chi connectivity index (χ3n) is 5.51. The van der Waals surface area contributed by atoms with Crippen molar-refractivity contribution in [1.82, 2.24) is 4.57 Å². The second kappa shape index (κ2) is 9.65. The number of aromatic nitrogens is 1. The van der Waals surface area contributed by atoms with Crippen molar-refractivity contribution in [3.63, 3.8) is 0 Å². The highest BCUT2D eigenvalue weighted by Gasteiger charge is 2.36. The molecule has 2 N–H and O–H groups in total. The zero-order valence-electron chi connectivity index (χ0n) is 19.0. The van der Waals surface area contributed by atoms with Crippen LogP contribution >= 0.6 is 11.3 Å². The molecule has 0 aliphatic carbocycles. The number of halogens is 5. The molecular formula is C25H19F5N2O3S. The Balaban J connectivity index is 1.88. The molecule has 0 spiro atoms. The highest BCUT2D eigenvalue weighted by atomic mass is 32.1. The van der Waals surface area contributed by atoms with Crippen molar-refractivity contribution in [3.8, 4) is 32.5 Å². The fraction of sp³-hybridized carbons (Fsp3) is 0.160. The maximum atomic E-state index is 14.3. The summed E-state index contributed by atoms with van der Waals surface area (Å²) in [6.07, 6.45) is -4.89. The van der Waals surface area contributed by atoms with Gasteiger partial charge < -0.3 is 19.8 Å². The summed E-state index contributed by atoms with van der Waals surface area (Å²) in [6.45, 7) is -0.452. The van der Waals surface area contributed by atoms with Crippen LogP contribution in [0.2, 0.25) is 0 Å². The molecule has 0 fully saturated rings. The average Bonchev–Trinajstić information content (AvgIpc) is 3.32. The number of pyridine rings is 1. The van der Waals surface area contributed by atoms with E-state index in [0.717, 1.165) is 34.1 Å². The lowest BCUT2D eigenvalue weighted by molar-refractivity contribution is -0.137. The summed E-state index contributed by atoms with van der Waals surface area (Å²) in [5.74, 6) is -0.806. The Morgan fingerprint density at radius 2 is 1.61 bits per heavy atom. The number of hydrogen-bond donors (Lipinski definition) is 1. The molecule has 0 amide bonds. The number of hydrogen-bond acceptors (Lipinski definition) is 5. The van der Waals surface area contributed by atoms with Crippen LogP contribution in [0.25, 0.3) is 21.0 Å². The minimum absolute atomic E-state index is 0.0874.